The fourth-order valence-electron chi connectivity index (χ4n) is 8.63. The van der Waals surface area contributed by atoms with Gasteiger partial charge in [0.2, 0.25) is 0 Å². The van der Waals surface area contributed by atoms with Crippen molar-refractivity contribution in [2.75, 3.05) is 0 Å². The monoisotopic (exact) mass is 611 g/mol. The molecule has 0 radical (unpaired) electrons. The van der Waals surface area contributed by atoms with Gasteiger partial charge in [-0.05, 0) is 119 Å². The number of fused-ring (bicyclic) bond motifs is 3. The Hall–Kier alpha value is -5.21. The zero-order valence-electron chi connectivity index (χ0n) is 26.9. The smallest absolute Gasteiger partial charge is 0.165 e. The zero-order chi connectivity index (χ0) is 32.0. The van der Waals surface area contributed by atoms with Crippen molar-refractivity contribution in [3.8, 4) is 51.4 Å². The molecule has 0 spiro atoms. The number of hydrogen-bond donors (Lipinski definition) is 0. The molecule has 8 rings (SSSR count). The normalized spacial score (nSPS) is 22.1. The van der Waals surface area contributed by atoms with E-state index in [9.17, 15) is 5.26 Å². The van der Waals surface area contributed by atoms with Gasteiger partial charge in [-0.25, -0.2) is 15.0 Å². The van der Waals surface area contributed by atoms with Crippen LogP contribution in [0, 0.1) is 29.1 Å². The molecule has 2 heterocycles. The molecule has 2 aromatic heterocycles. The van der Waals surface area contributed by atoms with Gasteiger partial charge >= 0.3 is 0 Å². The molecule has 0 saturated heterocycles. The molecule has 2 unspecified atom stereocenters. The van der Waals surface area contributed by atoms with Crippen LogP contribution in [-0.2, 0) is 5.41 Å². The molecule has 47 heavy (non-hydrogen) atoms. The number of hydrogen-bond acceptors (Lipinski definition) is 5. The van der Waals surface area contributed by atoms with E-state index in [0.29, 0.717) is 17.5 Å². The maximum atomic E-state index is 10.1. The van der Waals surface area contributed by atoms with Crippen molar-refractivity contribution in [1.82, 2.24) is 19.9 Å². The average Bonchev–Trinajstić information content (AvgIpc) is 3.11. The maximum Gasteiger partial charge on any atom is 0.165 e. The second-order valence-corrected chi connectivity index (χ2v) is 14.0. The van der Waals surface area contributed by atoms with Gasteiger partial charge < -0.3 is 0 Å². The lowest BCUT2D eigenvalue weighted by atomic mass is 9.54. The molecule has 2 saturated carbocycles. The van der Waals surface area contributed by atoms with Gasteiger partial charge in [-0.15, -0.1) is 0 Å². The highest BCUT2D eigenvalue weighted by atomic mass is 15.0. The number of nitrogens with zero attached hydrogens (tertiary/aromatic N) is 5. The SMILES string of the molecule is C[C@@H]1CC2C[C@H](C)CC(c3cc(C#N)cc(-c4ccc5cc(-c6nc(-c7ccccc7)nc(-c7cccnc7)n6)ccc5c4)c3)(C2)C1. The van der Waals surface area contributed by atoms with Crippen LogP contribution in [0.1, 0.15) is 57.1 Å². The lowest BCUT2D eigenvalue weighted by Gasteiger charge is -2.50. The Morgan fingerprint density at radius 2 is 1.26 bits per heavy atom. The standard InChI is InChI=1S/C42H37N5/c1-27-15-29-16-28(2)23-42(22-27,24-29)38-18-30(25-43)17-37(21-38)34-11-10-33-20-35(13-12-32(33)19-34)40-45-39(31-7-4-3-5-8-31)46-41(47-40)36-9-6-14-44-26-36/h3-14,17-21,26-29H,15-16,22-24H2,1-2H3/t27-,28+,29?,42?. The highest BCUT2D eigenvalue weighted by Crippen LogP contribution is 2.54. The lowest BCUT2D eigenvalue weighted by molar-refractivity contribution is 0.0780. The minimum atomic E-state index is 0.172. The van der Waals surface area contributed by atoms with E-state index in [4.69, 9.17) is 15.0 Å². The molecule has 0 aliphatic heterocycles. The molecule has 2 fully saturated rings. The van der Waals surface area contributed by atoms with Crippen molar-refractivity contribution < 1.29 is 0 Å². The summed E-state index contributed by atoms with van der Waals surface area (Å²) in [6.07, 6.45) is 9.90. The fraction of sp³-hybridized carbons (Fsp3) is 0.262. The summed E-state index contributed by atoms with van der Waals surface area (Å²) in [6.45, 7) is 4.84. The topological polar surface area (TPSA) is 75.3 Å². The van der Waals surface area contributed by atoms with Gasteiger partial charge in [0.1, 0.15) is 0 Å². The average molecular weight is 612 g/mol. The molecule has 4 aromatic carbocycles. The Morgan fingerprint density at radius 1 is 0.617 bits per heavy atom. The van der Waals surface area contributed by atoms with E-state index in [0.717, 1.165) is 61.9 Å². The van der Waals surface area contributed by atoms with Crippen molar-refractivity contribution in [2.24, 2.45) is 17.8 Å². The van der Waals surface area contributed by atoms with Crippen molar-refractivity contribution in [1.29, 1.82) is 5.26 Å². The zero-order valence-corrected chi connectivity index (χ0v) is 26.9. The van der Waals surface area contributed by atoms with Gasteiger partial charge in [-0.2, -0.15) is 5.26 Å². The fourth-order valence-corrected chi connectivity index (χ4v) is 8.63. The van der Waals surface area contributed by atoms with Crippen LogP contribution in [0.3, 0.4) is 0 Å². The van der Waals surface area contributed by atoms with E-state index < -0.39 is 0 Å². The number of benzene rings is 4. The van der Waals surface area contributed by atoms with Crippen LogP contribution in [0.5, 0.6) is 0 Å². The van der Waals surface area contributed by atoms with Gasteiger partial charge in [0, 0.05) is 29.1 Å². The molecule has 5 nitrogen and oxygen atoms in total. The molecule has 2 aliphatic rings. The van der Waals surface area contributed by atoms with Crippen LogP contribution in [0.25, 0.3) is 56.1 Å². The molecule has 0 amide bonds. The van der Waals surface area contributed by atoms with Crippen LogP contribution in [0.15, 0.2) is 109 Å². The summed E-state index contributed by atoms with van der Waals surface area (Å²) in [5.41, 5.74) is 7.25. The van der Waals surface area contributed by atoms with Crippen molar-refractivity contribution in [2.45, 2.75) is 51.4 Å². The number of nitriles is 1. The first-order valence-corrected chi connectivity index (χ1v) is 16.8. The molecule has 2 aliphatic carbocycles. The summed E-state index contributed by atoms with van der Waals surface area (Å²) in [4.78, 5) is 18.9. The molecule has 2 bridgehead atoms. The van der Waals surface area contributed by atoms with E-state index in [1.807, 2.05) is 42.5 Å². The summed E-state index contributed by atoms with van der Waals surface area (Å²) in [6, 6.07) is 36.0. The minimum absolute atomic E-state index is 0.172. The minimum Gasteiger partial charge on any atom is -0.264 e. The van der Waals surface area contributed by atoms with Gasteiger partial charge in [0.25, 0.3) is 0 Å². The highest BCUT2D eigenvalue weighted by molar-refractivity contribution is 5.90. The summed E-state index contributed by atoms with van der Waals surface area (Å²) in [5.74, 6) is 4.08. The molecular formula is C42H37N5. The van der Waals surface area contributed by atoms with Gasteiger partial charge in [0.05, 0.1) is 11.6 Å². The number of pyridine rings is 1. The maximum absolute atomic E-state index is 10.1. The molecule has 230 valence electrons. The molecule has 5 heteroatoms. The molecule has 6 aromatic rings. The predicted molar refractivity (Wildman–Crippen MR) is 188 cm³/mol. The predicted octanol–water partition coefficient (Wildman–Crippen LogP) is 10.1. The summed E-state index contributed by atoms with van der Waals surface area (Å²) in [5, 5.41) is 12.3. The second kappa shape index (κ2) is 11.9. The first kappa shape index (κ1) is 29.2. The molecule has 0 N–H and O–H groups in total. The van der Waals surface area contributed by atoms with Crippen LogP contribution in [0.4, 0.5) is 0 Å². The van der Waals surface area contributed by atoms with Crippen molar-refractivity contribution in [3.63, 3.8) is 0 Å². The lowest BCUT2D eigenvalue weighted by Crippen LogP contribution is -2.42. The van der Waals surface area contributed by atoms with Crippen LogP contribution < -0.4 is 0 Å². The Labute approximate surface area is 276 Å². The van der Waals surface area contributed by atoms with Crippen LogP contribution in [0.2, 0.25) is 0 Å². The Kier molecular flexibility index (Phi) is 7.37. The number of aromatic nitrogens is 4. The van der Waals surface area contributed by atoms with Crippen LogP contribution >= 0.6 is 0 Å². The van der Waals surface area contributed by atoms with E-state index in [1.54, 1.807) is 12.4 Å². The second-order valence-electron chi connectivity index (χ2n) is 14.0. The first-order chi connectivity index (χ1) is 22.9. The van der Waals surface area contributed by atoms with Gasteiger partial charge in [0.15, 0.2) is 17.5 Å². The van der Waals surface area contributed by atoms with E-state index in [2.05, 4.69) is 79.5 Å². The van der Waals surface area contributed by atoms with E-state index in [-0.39, 0.29) is 5.41 Å². The van der Waals surface area contributed by atoms with Gasteiger partial charge in [-0.1, -0.05) is 74.5 Å². The van der Waals surface area contributed by atoms with E-state index >= 15 is 0 Å². The number of rotatable bonds is 5. The third-order valence-electron chi connectivity index (χ3n) is 10.3. The third kappa shape index (κ3) is 5.70. The summed E-state index contributed by atoms with van der Waals surface area (Å²) in [7, 11) is 0. The van der Waals surface area contributed by atoms with Crippen molar-refractivity contribution in [3.05, 3.63) is 121 Å². The summed E-state index contributed by atoms with van der Waals surface area (Å²) >= 11 is 0. The summed E-state index contributed by atoms with van der Waals surface area (Å²) < 4.78 is 0. The molecular weight excluding hydrogens is 574 g/mol. The van der Waals surface area contributed by atoms with Crippen LogP contribution in [-0.4, -0.2) is 19.9 Å². The Bertz CT molecular complexity index is 2060. The third-order valence-corrected chi connectivity index (χ3v) is 10.3. The first-order valence-electron chi connectivity index (χ1n) is 16.8. The van der Waals surface area contributed by atoms with Crippen molar-refractivity contribution >= 4 is 10.8 Å². The Morgan fingerprint density at radius 3 is 1.94 bits per heavy atom. The Balaban J connectivity index is 1.18. The molecule has 4 atom stereocenters. The van der Waals surface area contributed by atoms with E-state index in [1.165, 1.54) is 37.7 Å². The van der Waals surface area contributed by atoms with Gasteiger partial charge in [-0.3, -0.25) is 4.98 Å². The largest absolute Gasteiger partial charge is 0.264 e. The highest BCUT2D eigenvalue weighted by Gasteiger charge is 2.45. The quantitative estimate of drug-likeness (QED) is 0.194.